The Kier molecular flexibility index (Phi) is 9.33. The largest absolute Gasteiger partial charge is 0.453 e. The van der Waals surface area contributed by atoms with Crippen molar-refractivity contribution >= 4 is 41.7 Å². The van der Waals surface area contributed by atoms with Gasteiger partial charge in [-0.1, -0.05) is 42.5 Å². The lowest BCUT2D eigenvalue weighted by Gasteiger charge is -2.36. The Morgan fingerprint density at radius 2 is 1.88 bits per heavy atom. The first-order valence-electron chi connectivity index (χ1n) is 11.0. The maximum atomic E-state index is 11.3. The molecule has 2 unspecified atom stereocenters. The number of amides is 1. The molecule has 2 aliphatic rings. The Hall–Kier alpha value is -2.37. The van der Waals surface area contributed by atoms with E-state index in [4.69, 9.17) is 4.74 Å². The first-order chi connectivity index (χ1) is 15.7. The maximum Gasteiger partial charge on any atom is 0.411 e. The molecule has 2 heterocycles. The predicted molar refractivity (Wildman–Crippen MR) is 140 cm³/mol. The smallest absolute Gasteiger partial charge is 0.411 e. The van der Waals surface area contributed by atoms with Crippen LogP contribution in [0, 0.1) is 0 Å². The molecular weight excluding hydrogens is 533 g/mol. The van der Waals surface area contributed by atoms with Crippen LogP contribution >= 0.6 is 24.0 Å². The molecule has 2 atom stereocenters. The van der Waals surface area contributed by atoms with Gasteiger partial charge in [0.2, 0.25) is 0 Å². The molecule has 0 aliphatic carbocycles. The summed E-state index contributed by atoms with van der Waals surface area (Å²) in [4.78, 5) is 20.6. The number of hydrogen-bond acceptors (Lipinski definition) is 5. The highest BCUT2D eigenvalue weighted by atomic mass is 127. The third-order valence-electron chi connectivity index (χ3n) is 5.99. The van der Waals surface area contributed by atoms with E-state index in [-0.39, 0.29) is 30.1 Å². The number of rotatable bonds is 5. The van der Waals surface area contributed by atoms with E-state index in [1.54, 1.807) is 0 Å². The van der Waals surface area contributed by atoms with Crippen LogP contribution in [-0.2, 0) is 22.6 Å². The number of nitrogens with zero attached hydrogens (tertiary/aromatic N) is 3. The second kappa shape index (κ2) is 12.2. The monoisotopic (exact) mass is 565 g/mol. The molecule has 2 saturated heterocycles. The number of guanidine groups is 1. The van der Waals surface area contributed by atoms with Crippen LogP contribution in [0.1, 0.15) is 11.1 Å². The molecule has 2 aliphatic heterocycles. The molecule has 178 valence electrons. The molecule has 33 heavy (non-hydrogen) atoms. The predicted octanol–water partition coefficient (Wildman–Crippen LogP) is 3.14. The Bertz CT molecular complexity index is 925. The van der Waals surface area contributed by atoms with E-state index < -0.39 is 6.09 Å². The van der Waals surface area contributed by atoms with E-state index >= 15 is 0 Å². The molecule has 9 heteroatoms. The highest BCUT2D eigenvalue weighted by molar-refractivity contribution is 14.0. The van der Waals surface area contributed by atoms with Crippen LogP contribution in [-0.4, -0.2) is 74.4 Å². The van der Waals surface area contributed by atoms with Crippen molar-refractivity contribution in [3.05, 3.63) is 65.7 Å². The zero-order valence-electron chi connectivity index (χ0n) is 19.1. The van der Waals surface area contributed by atoms with Crippen LogP contribution in [0.25, 0.3) is 0 Å². The van der Waals surface area contributed by atoms with Crippen LogP contribution in [0.5, 0.6) is 0 Å². The van der Waals surface area contributed by atoms with Crippen LogP contribution in [0.15, 0.2) is 59.6 Å². The summed E-state index contributed by atoms with van der Waals surface area (Å²) in [5, 5.41) is 6.12. The van der Waals surface area contributed by atoms with Crippen molar-refractivity contribution in [2.24, 2.45) is 4.99 Å². The number of likely N-dealkylation sites (tertiary alicyclic amines) is 1. The molecule has 0 saturated carbocycles. The SMILES string of the molecule is CN=C(NCc1ccc(NC(=O)OC)cc1)N1CC2OCCN(Cc3ccccc3)C2C1.I. The second-order valence-corrected chi connectivity index (χ2v) is 8.05. The van der Waals surface area contributed by atoms with E-state index in [1.807, 2.05) is 31.3 Å². The van der Waals surface area contributed by atoms with E-state index in [1.165, 1.54) is 12.7 Å². The summed E-state index contributed by atoms with van der Waals surface area (Å²) in [5.74, 6) is 0.874. The zero-order chi connectivity index (χ0) is 22.3. The van der Waals surface area contributed by atoms with Crippen molar-refractivity contribution in [3.8, 4) is 0 Å². The van der Waals surface area contributed by atoms with Crippen molar-refractivity contribution < 1.29 is 14.3 Å². The van der Waals surface area contributed by atoms with Crippen LogP contribution in [0.3, 0.4) is 0 Å². The molecule has 1 amide bonds. The number of carbonyl (C=O) groups excluding carboxylic acids is 1. The number of ether oxygens (including phenoxy) is 2. The van der Waals surface area contributed by atoms with Gasteiger partial charge in [-0.2, -0.15) is 0 Å². The topological polar surface area (TPSA) is 78.4 Å². The summed E-state index contributed by atoms with van der Waals surface area (Å²) in [6.45, 7) is 5.02. The highest BCUT2D eigenvalue weighted by Crippen LogP contribution is 2.24. The lowest BCUT2D eigenvalue weighted by molar-refractivity contribution is -0.0502. The fraction of sp³-hybridized carbons (Fsp3) is 0.417. The number of aliphatic imine (C=N–C) groups is 1. The van der Waals surface area contributed by atoms with Crippen LogP contribution in [0.2, 0.25) is 0 Å². The highest BCUT2D eigenvalue weighted by Gasteiger charge is 2.41. The third-order valence-corrected chi connectivity index (χ3v) is 5.99. The summed E-state index contributed by atoms with van der Waals surface area (Å²) in [7, 11) is 3.16. The molecule has 0 aromatic heterocycles. The molecule has 2 fully saturated rings. The first-order valence-corrected chi connectivity index (χ1v) is 11.0. The lowest BCUT2D eigenvalue weighted by atomic mass is 10.1. The Labute approximate surface area is 212 Å². The third kappa shape index (κ3) is 6.58. The van der Waals surface area contributed by atoms with Gasteiger partial charge in [-0.15, -0.1) is 24.0 Å². The van der Waals surface area contributed by atoms with Gasteiger partial charge in [-0.05, 0) is 23.3 Å². The van der Waals surface area contributed by atoms with Gasteiger partial charge in [0.25, 0.3) is 0 Å². The molecule has 0 radical (unpaired) electrons. The molecule has 8 nitrogen and oxygen atoms in total. The lowest BCUT2D eigenvalue weighted by Crippen LogP contribution is -2.50. The Balaban J connectivity index is 0.00000306. The minimum atomic E-state index is -0.477. The fourth-order valence-electron chi connectivity index (χ4n) is 4.33. The molecule has 2 aromatic carbocycles. The van der Waals surface area contributed by atoms with Gasteiger partial charge in [0.15, 0.2) is 5.96 Å². The molecule has 2 N–H and O–H groups in total. The van der Waals surface area contributed by atoms with E-state index in [9.17, 15) is 4.79 Å². The number of benzene rings is 2. The van der Waals surface area contributed by atoms with Gasteiger partial charge < -0.3 is 19.7 Å². The summed E-state index contributed by atoms with van der Waals surface area (Å²) in [5.41, 5.74) is 3.13. The van der Waals surface area contributed by atoms with Crippen molar-refractivity contribution in [1.82, 2.24) is 15.1 Å². The van der Waals surface area contributed by atoms with Crippen molar-refractivity contribution in [3.63, 3.8) is 0 Å². The number of halogens is 1. The van der Waals surface area contributed by atoms with Crippen LogP contribution < -0.4 is 10.6 Å². The van der Waals surface area contributed by atoms with Crippen molar-refractivity contribution in [2.75, 3.05) is 45.7 Å². The number of nitrogens with one attached hydrogen (secondary N) is 2. The minimum absolute atomic E-state index is 0. The normalized spacial score (nSPS) is 20.5. The molecule has 2 aromatic rings. The summed E-state index contributed by atoms with van der Waals surface area (Å²) < 4.78 is 10.7. The van der Waals surface area contributed by atoms with E-state index in [0.717, 1.165) is 44.3 Å². The van der Waals surface area contributed by atoms with Gasteiger partial charge in [-0.3, -0.25) is 15.2 Å². The zero-order valence-corrected chi connectivity index (χ0v) is 21.4. The number of morpholine rings is 1. The molecule has 4 rings (SSSR count). The number of methoxy groups -OCH3 is 1. The molecular formula is C24H32IN5O3. The number of fused-ring (bicyclic) bond motifs is 1. The first kappa shape index (κ1) is 25.3. The van der Waals surface area contributed by atoms with Crippen molar-refractivity contribution in [1.29, 1.82) is 0 Å². The van der Waals surface area contributed by atoms with E-state index in [2.05, 4.69) is 60.5 Å². The van der Waals surface area contributed by atoms with E-state index in [0.29, 0.717) is 18.3 Å². The quantitative estimate of drug-likeness (QED) is 0.330. The van der Waals surface area contributed by atoms with Gasteiger partial charge in [0.05, 0.1) is 25.9 Å². The Morgan fingerprint density at radius 1 is 1.12 bits per heavy atom. The maximum absolute atomic E-state index is 11.3. The van der Waals surface area contributed by atoms with Gasteiger partial charge >= 0.3 is 6.09 Å². The van der Waals surface area contributed by atoms with Crippen molar-refractivity contribution in [2.45, 2.75) is 25.2 Å². The fourth-order valence-corrected chi connectivity index (χ4v) is 4.33. The number of hydrogen-bond donors (Lipinski definition) is 2. The van der Waals surface area contributed by atoms with Gasteiger partial charge in [-0.25, -0.2) is 4.79 Å². The number of anilines is 1. The average molecular weight is 565 g/mol. The number of carbonyl (C=O) groups is 1. The minimum Gasteiger partial charge on any atom is -0.453 e. The molecule has 0 spiro atoms. The summed E-state index contributed by atoms with van der Waals surface area (Å²) >= 11 is 0. The van der Waals surface area contributed by atoms with Crippen LogP contribution in [0.4, 0.5) is 10.5 Å². The summed E-state index contributed by atoms with van der Waals surface area (Å²) in [6, 6.07) is 18.6. The van der Waals surface area contributed by atoms with Gasteiger partial charge in [0, 0.05) is 45.5 Å². The summed E-state index contributed by atoms with van der Waals surface area (Å²) in [6.07, 6.45) is -0.287. The second-order valence-electron chi connectivity index (χ2n) is 8.05. The standard InChI is InChI=1S/C24H31N5O3.HI/c1-25-23(26-14-18-8-10-20(11-9-18)27-24(30)31-2)29-16-21-22(17-29)32-13-12-28(21)15-19-6-4-3-5-7-19;/h3-11,21-22H,12-17H2,1-2H3,(H,25,26)(H,27,30);1H. The average Bonchev–Trinajstić information content (AvgIpc) is 3.26. The van der Waals surface area contributed by atoms with Gasteiger partial charge in [0.1, 0.15) is 0 Å². The Morgan fingerprint density at radius 3 is 2.58 bits per heavy atom. The molecule has 0 bridgehead atoms.